The van der Waals surface area contributed by atoms with Crippen LogP contribution in [-0.4, -0.2) is 56.9 Å². The molecule has 2 saturated carbocycles. The summed E-state index contributed by atoms with van der Waals surface area (Å²) in [5.74, 6) is 1.45. The van der Waals surface area contributed by atoms with E-state index in [0.717, 1.165) is 19.0 Å². The van der Waals surface area contributed by atoms with Crippen molar-refractivity contribution in [3.63, 3.8) is 0 Å². The topological polar surface area (TPSA) is 46.1 Å². The van der Waals surface area contributed by atoms with Crippen molar-refractivity contribution in [3.05, 3.63) is 30.1 Å². The largest absolute Gasteiger partial charge is 0.489 e. The lowest BCUT2D eigenvalue weighted by molar-refractivity contribution is -0.171. The second-order valence-electron chi connectivity index (χ2n) is 7.70. The van der Waals surface area contributed by atoms with E-state index in [4.69, 9.17) is 9.47 Å². The van der Waals surface area contributed by atoms with E-state index >= 15 is 0 Å². The summed E-state index contributed by atoms with van der Waals surface area (Å²) in [4.78, 5) is 6.50. The van der Waals surface area contributed by atoms with Gasteiger partial charge < -0.3 is 19.7 Å². The maximum Gasteiger partial charge on any atom is 0.193 e. The Morgan fingerprint density at radius 3 is 2.85 bits per heavy atom. The monoisotopic (exact) mass is 489 g/mol. The summed E-state index contributed by atoms with van der Waals surface area (Å²) < 4.78 is 25.2. The van der Waals surface area contributed by atoms with Gasteiger partial charge in [0.15, 0.2) is 17.5 Å². The molecule has 1 saturated heterocycles. The van der Waals surface area contributed by atoms with Crippen LogP contribution < -0.4 is 10.1 Å². The van der Waals surface area contributed by atoms with Gasteiger partial charge in [0.05, 0.1) is 12.6 Å². The van der Waals surface area contributed by atoms with Crippen LogP contribution in [0.2, 0.25) is 0 Å². The fraction of sp³-hybridized carbons (Fsp3) is 0.650. The fourth-order valence-electron chi connectivity index (χ4n) is 4.90. The molecule has 1 spiro atoms. The molecule has 1 aliphatic heterocycles. The Morgan fingerprint density at radius 1 is 1.41 bits per heavy atom. The van der Waals surface area contributed by atoms with Gasteiger partial charge in [0.25, 0.3) is 0 Å². The van der Waals surface area contributed by atoms with Gasteiger partial charge in [0, 0.05) is 38.1 Å². The molecule has 1 N–H and O–H groups in total. The molecule has 1 aromatic rings. The number of ether oxygens (including phenoxy) is 2. The smallest absolute Gasteiger partial charge is 0.193 e. The van der Waals surface area contributed by atoms with Crippen molar-refractivity contribution in [2.45, 2.75) is 37.8 Å². The number of rotatable bonds is 5. The number of nitrogens with zero attached hydrogens (tertiary/aromatic N) is 2. The lowest BCUT2D eigenvalue weighted by Crippen LogP contribution is -2.72. The van der Waals surface area contributed by atoms with E-state index in [1.165, 1.54) is 25.3 Å². The van der Waals surface area contributed by atoms with Gasteiger partial charge in [-0.05, 0) is 31.4 Å². The first-order chi connectivity index (χ1) is 12.7. The molecule has 0 bridgehead atoms. The van der Waals surface area contributed by atoms with Crippen molar-refractivity contribution in [2.24, 2.45) is 16.3 Å². The van der Waals surface area contributed by atoms with Crippen LogP contribution in [0.3, 0.4) is 0 Å². The average molecular weight is 489 g/mol. The zero-order valence-electron chi connectivity index (χ0n) is 16.0. The second kappa shape index (κ2) is 8.51. The number of hydrogen-bond donors (Lipinski definition) is 1. The Labute approximate surface area is 177 Å². The van der Waals surface area contributed by atoms with Crippen LogP contribution in [0, 0.1) is 17.2 Å². The predicted octanol–water partition coefficient (Wildman–Crippen LogP) is 3.29. The molecular weight excluding hydrogens is 460 g/mol. The van der Waals surface area contributed by atoms with E-state index in [2.05, 4.69) is 15.2 Å². The summed E-state index contributed by atoms with van der Waals surface area (Å²) >= 11 is 0. The SMILES string of the molecule is CN=C(NC1C2CCOC2C12CCC2)N(C)CCOc1ccccc1F.I. The third-order valence-corrected chi connectivity index (χ3v) is 6.41. The fourth-order valence-corrected chi connectivity index (χ4v) is 4.90. The number of benzene rings is 1. The molecular formula is C20H29FIN3O2. The maximum absolute atomic E-state index is 13.6. The standard InChI is InChI=1S/C20H28FN3O2.HI/c1-22-19(24(2)11-13-25-16-7-4-3-6-15(16)21)23-17-14-8-12-26-18(14)20(17)9-5-10-20;/h3-4,6-7,14,17-18H,5,8-13H2,1-2H3,(H,22,23);1H. The number of hydrogen-bond acceptors (Lipinski definition) is 3. The van der Waals surface area contributed by atoms with E-state index in [9.17, 15) is 4.39 Å². The first kappa shape index (κ1) is 20.6. The van der Waals surface area contributed by atoms with E-state index in [-0.39, 0.29) is 29.8 Å². The van der Waals surface area contributed by atoms with Crippen LogP contribution in [-0.2, 0) is 4.74 Å². The van der Waals surface area contributed by atoms with Gasteiger partial charge in [-0.3, -0.25) is 4.99 Å². The maximum atomic E-state index is 13.6. The quantitative estimate of drug-likeness (QED) is 0.392. The summed E-state index contributed by atoms with van der Waals surface area (Å²) in [5.41, 5.74) is 0.321. The Balaban J connectivity index is 0.00000210. The summed E-state index contributed by atoms with van der Waals surface area (Å²) in [6, 6.07) is 6.95. The molecule has 0 aromatic heterocycles. The van der Waals surface area contributed by atoms with Crippen molar-refractivity contribution in [3.8, 4) is 5.75 Å². The normalized spacial score (nSPS) is 27.8. The molecule has 150 valence electrons. The average Bonchev–Trinajstić information content (AvgIpc) is 3.01. The molecule has 1 aromatic carbocycles. The van der Waals surface area contributed by atoms with Crippen molar-refractivity contribution in [1.82, 2.24) is 10.2 Å². The van der Waals surface area contributed by atoms with Gasteiger partial charge in [-0.1, -0.05) is 18.6 Å². The van der Waals surface area contributed by atoms with Gasteiger partial charge in [0.2, 0.25) is 0 Å². The van der Waals surface area contributed by atoms with E-state index in [0.29, 0.717) is 42.4 Å². The molecule has 3 unspecified atom stereocenters. The Hall–Kier alpha value is -1.09. The highest BCUT2D eigenvalue weighted by molar-refractivity contribution is 14.0. The van der Waals surface area contributed by atoms with Crippen molar-refractivity contribution >= 4 is 29.9 Å². The summed E-state index contributed by atoms with van der Waals surface area (Å²) in [6.07, 6.45) is 5.39. The summed E-state index contributed by atoms with van der Waals surface area (Å²) in [5, 5.41) is 3.69. The first-order valence-electron chi connectivity index (χ1n) is 9.59. The molecule has 4 rings (SSSR count). The minimum atomic E-state index is -0.327. The number of guanidine groups is 1. The van der Waals surface area contributed by atoms with Gasteiger partial charge >= 0.3 is 0 Å². The van der Waals surface area contributed by atoms with Crippen LogP contribution in [0.15, 0.2) is 29.3 Å². The molecule has 5 nitrogen and oxygen atoms in total. The van der Waals surface area contributed by atoms with Crippen molar-refractivity contribution < 1.29 is 13.9 Å². The molecule has 7 heteroatoms. The molecule has 0 radical (unpaired) electrons. The number of likely N-dealkylation sites (N-methyl/N-ethyl adjacent to an activating group) is 1. The third kappa shape index (κ3) is 3.64. The first-order valence-corrected chi connectivity index (χ1v) is 9.59. The highest BCUT2D eigenvalue weighted by Crippen LogP contribution is 2.62. The lowest BCUT2D eigenvalue weighted by atomic mass is 9.46. The third-order valence-electron chi connectivity index (χ3n) is 6.41. The molecule has 3 atom stereocenters. The molecule has 3 aliphatic rings. The lowest BCUT2D eigenvalue weighted by Gasteiger charge is -2.63. The van der Waals surface area contributed by atoms with Crippen LogP contribution in [0.5, 0.6) is 5.75 Å². The van der Waals surface area contributed by atoms with Gasteiger partial charge in [0.1, 0.15) is 6.61 Å². The molecule has 1 heterocycles. The highest BCUT2D eigenvalue weighted by Gasteiger charge is 2.66. The van der Waals surface area contributed by atoms with Gasteiger partial charge in [-0.15, -0.1) is 24.0 Å². The number of fused-ring (bicyclic) bond motifs is 2. The number of nitrogens with one attached hydrogen (secondary N) is 1. The molecule has 27 heavy (non-hydrogen) atoms. The number of halogens is 2. The van der Waals surface area contributed by atoms with E-state index < -0.39 is 0 Å². The zero-order valence-corrected chi connectivity index (χ0v) is 18.3. The van der Waals surface area contributed by atoms with E-state index in [1.807, 2.05) is 14.1 Å². The summed E-state index contributed by atoms with van der Waals surface area (Å²) in [7, 11) is 3.81. The summed E-state index contributed by atoms with van der Waals surface area (Å²) in [6.45, 7) is 1.93. The van der Waals surface area contributed by atoms with Crippen LogP contribution in [0.1, 0.15) is 25.7 Å². The van der Waals surface area contributed by atoms with Crippen LogP contribution >= 0.6 is 24.0 Å². The highest BCUT2D eigenvalue weighted by atomic mass is 127. The molecule has 3 fully saturated rings. The van der Waals surface area contributed by atoms with Gasteiger partial charge in [-0.2, -0.15) is 0 Å². The Morgan fingerprint density at radius 2 is 2.19 bits per heavy atom. The molecule has 2 aliphatic carbocycles. The minimum Gasteiger partial charge on any atom is -0.489 e. The van der Waals surface area contributed by atoms with Crippen molar-refractivity contribution in [1.29, 1.82) is 0 Å². The number of para-hydroxylation sites is 1. The van der Waals surface area contributed by atoms with Crippen LogP contribution in [0.4, 0.5) is 4.39 Å². The van der Waals surface area contributed by atoms with Crippen molar-refractivity contribution in [2.75, 3.05) is 33.9 Å². The predicted molar refractivity (Wildman–Crippen MR) is 114 cm³/mol. The van der Waals surface area contributed by atoms with E-state index in [1.54, 1.807) is 18.2 Å². The Kier molecular flexibility index (Phi) is 6.50. The second-order valence-corrected chi connectivity index (χ2v) is 7.70. The zero-order chi connectivity index (χ0) is 18.1. The van der Waals surface area contributed by atoms with Crippen LogP contribution in [0.25, 0.3) is 0 Å². The minimum absolute atomic E-state index is 0. The molecule has 0 amide bonds. The Bertz CT molecular complexity index is 683. The van der Waals surface area contributed by atoms with Gasteiger partial charge in [-0.25, -0.2) is 4.39 Å². The number of aliphatic imine (C=N–C) groups is 1.